The molecule has 21 aromatic carbocycles. The van der Waals surface area contributed by atoms with Gasteiger partial charge in [-0.15, -0.1) is 0 Å². The number of anilines is 6. The first kappa shape index (κ1) is 75.4. The van der Waals surface area contributed by atoms with E-state index >= 15 is 0 Å². The Morgan fingerprint density at radius 1 is 0.121 bits per heavy atom. The third-order valence-corrected chi connectivity index (χ3v) is 30.1. The quantitative estimate of drug-likeness (QED) is 0.107. The number of nitrogens with zero attached hydrogens (tertiary/aromatic N) is 2. The first-order valence-electron chi connectivity index (χ1n) is 46.2. The largest absolute Gasteiger partial charge is 0.310 e. The van der Waals surface area contributed by atoms with Gasteiger partial charge in [-0.05, 0) is 244 Å². The Morgan fingerprint density at radius 3 is 0.811 bits per heavy atom. The number of rotatable bonds is 14. The fraction of sp³-hybridized carbons (Fsp3) is 0.0308. The van der Waals surface area contributed by atoms with Crippen LogP contribution >= 0.6 is 0 Å². The summed E-state index contributed by atoms with van der Waals surface area (Å²) in [6.45, 7) is 0. The van der Waals surface area contributed by atoms with E-state index in [9.17, 15) is 0 Å². The Balaban J connectivity index is 0.597. The summed E-state index contributed by atoms with van der Waals surface area (Å²) in [5.74, 6) is 0. The lowest BCUT2D eigenvalue weighted by Gasteiger charge is -2.34. The van der Waals surface area contributed by atoms with E-state index < -0.39 is 21.7 Å². The van der Waals surface area contributed by atoms with Crippen LogP contribution in [0.1, 0.15) is 89.0 Å². The molecule has 2 spiro atoms. The van der Waals surface area contributed by atoms with E-state index in [0.717, 1.165) is 56.4 Å². The van der Waals surface area contributed by atoms with Crippen LogP contribution < -0.4 is 9.80 Å². The minimum Gasteiger partial charge on any atom is -0.310 e. The molecule has 0 heterocycles. The minimum atomic E-state index is -0.692. The van der Waals surface area contributed by atoms with Crippen molar-refractivity contribution in [1.82, 2.24) is 0 Å². The monoisotopic (exact) mass is 1670 g/mol. The first-order valence-corrected chi connectivity index (χ1v) is 46.2. The van der Waals surface area contributed by atoms with E-state index in [0.29, 0.717) is 0 Å². The van der Waals surface area contributed by atoms with Gasteiger partial charge in [-0.3, -0.25) is 0 Å². The predicted molar refractivity (Wildman–Crippen MR) is 545 cm³/mol. The van der Waals surface area contributed by atoms with E-state index in [1.807, 2.05) is 0 Å². The zero-order valence-electron chi connectivity index (χ0n) is 72.4. The summed E-state index contributed by atoms with van der Waals surface area (Å²) < 4.78 is 0. The third kappa shape index (κ3) is 10.5. The summed E-state index contributed by atoms with van der Waals surface area (Å²) in [5, 5.41) is 0. The maximum absolute atomic E-state index is 2.58. The van der Waals surface area contributed by atoms with Gasteiger partial charge in [-0.2, -0.15) is 0 Å². The van der Waals surface area contributed by atoms with Crippen molar-refractivity contribution in [3.8, 4) is 111 Å². The average Bonchev–Trinajstić information content (AvgIpc) is 1.51. The topological polar surface area (TPSA) is 6.48 Å². The molecule has 0 amide bonds. The molecule has 27 rings (SSSR count). The lowest BCUT2D eigenvalue weighted by atomic mass is 9.67. The van der Waals surface area contributed by atoms with Crippen molar-refractivity contribution in [3.05, 3.63) is 599 Å². The molecule has 6 aliphatic rings. The highest BCUT2D eigenvalue weighted by Crippen LogP contribution is 2.69. The summed E-state index contributed by atoms with van der Waals surface area (Å²) in [7, 11) is 0. The molecule has 6 aliphatic carbocycles. The SMILES string of the molecule is c1ccc(-c2ccc(-c3ccc(N(c4ccc5c(c4)-c4ccccc4C5(c4ccccc4)c4ccc(-c5ccc6c(c5)-c5ccccc5C65c6ccccc6-c6c(N(c7ccc8c(c7)-c7ccccc7C8(c7ccccc7)c7ccccc7)c7ccccc7-c7ccccc7)cccc65)cc4)c4cccc5c4-c4ccccc4C54c5ccccc5-c5ccccc54)cc3)cc2)cc1. The van der Waals surface area contributed by atoms with Crippen LogP contribution in [0.4, 0.5) is 34.1 Å². The Hall–Kier alpha value is -16.8. The van der Waals surface area contributed by atoms with E-state index in [4.69, 9.17) is 0 Å². The molecule has 0 fully saturated rings. The van der Waals surface area contributed by atoms with Crippen molar-refractivity contribution in [2.24, 2.45) is 0 Å². The second kappa shape index (κ2) is 29.4. The van der Waals surface area contributed by atoms with E-state index in [2.05, 4.69) is 519 Å². The molecule has 0 bridgehead atoms. The van der Waals surface area contributed by atoms with E-state index in [1.165, 1.54) is 178 Å². The summed E-state index contributed by atoms with van der Waals surface area (Å²) in [6, 6.07) is 193. The summed E-state index contributed by atoms with van der Waals surface area (Å²) in [4.78, 5) is 5.14. The number of para-hydroxylation sites is 1. The Morgan fingerprint density at radius 2 is 0.371 bits per heavy atom. The molecular weight excluding hydrogens is 1590 g/mol. The molecule has 0 saturated carbocycles. The molecular formula is C130H84N2. The maximum atomic E-state index is 2.58. The van der Waals surface area contributed by atoms with Crippen LogP contribution in [0.5, 0.6) is 0 Å². The number of hydrogen-bond acceptors (Lipinski definition) is 2. The van der Waals surface area contributed by atoms with Gasteiger partial charge in [0.2, 0.25) is 0 Å². The van der Waals surface area contributed by atoms with E-state index in [1.54, 1.807) is 0 Å². The van der Waals surface area contributed by atoms with Gasteiger partial charge in [0.1, 0.15) is 0 Å². The van der Waals surface area contributed by atoms with Crippen molar-refractivity contribution in [2.75, 3.05) is 9.80 Å². The fourth-order valence-electron chi connectivity index (χ4n) is 24.9. The maximum Gasteiger partial charge on any atom is 0.0726 e. The first-order chi connectivity index (χ1) is 65.5. The second-order valence-electron chi connectivity index (χ2n) is 36.2. The van der Waals surface area contributed by atoms with Crippen LogP contribution in [0, 0.1) is 0 Å². The highest BCUT2D eigenvalue weighted by atomic mass is 15.2. The fourth-order valence-corrected chi connectivity index (χ4v) is 24.9. The zero-order valence-corrected chi connectivity index (χ0v) is 72.4. The van der Waals surface area contributed by atoms with Crippen molar-refractivity contribution in [2.45, 2.75) is 21.7 Å². The van der Waals surface area contributed by atoms with Crippen LogP contribution in [0.15, 0.2) is 510 Å². The molecule has 2 atom stereocenters. The van der Waals surface area contributed by atoms with Crippen molar-refractivity contribution in [1.29, 1.82) is 0 Å². The van der Waals surface area contributed by atoms with Crippen molar-refractivity contribution in [3.63, 3.8) is 0 Å². The second-order valence-corrected chi connectivity index (χ2v) is 36.2. The van der Waals surface area contributed by atoms with Crippen LogP contribution in [-0.2, 0) is 21.7 Å². The molecule has 0 N–H and O–H groups in total. The Kier molecular flexibility index (Phi) is 16.8. The number of hydrogen-bond donors (Lipinski definition) is 0. The molecule has 132 heavy (non-hydrogen) atoms. The molecule has 2 nitrogen and oxygen atoms in total. The molecule has 0 aromatic heterocycles. The van der Waals surface area contributed by atoms with Gasteiger partial charge in [0.05, 0.1) is 38.7 Å². The van der Waals surface area contributed by atoms with Crippen LogP contribution in [0.2, 0.25) is 0 Å². The molecule has 21 aromatic rings. The highest BCUT2D eigenvalue weighted by Gasteiger charge is 2.56. The van der Waals surface area contributed by atoms with Crippen molar-refractivity contribution < 1.29 is 0 Å². The van der Waals surface area contributed by atoms with Crippen LogP contribution in [0.3, 0.4) is 0 Å². The molecule has 0 radical (unpaired) electrons. The normalized spacial score (nSPS) is 15.5. The predicted octanol–water partition coefficient (Wildman–Crippen LogP) is 32.7. The smallest absolute Gasteiger partial charge is 0.0726 e. The molecule has 614 valence electrons. The Labute approximate surface area is 770 Å². The highest BCUT2D eigenvalue weighted by molar-refractivity contribution is 6.06. The van der Waals surface area contributed by atoms with Crippen molar-refractivity contribution >= 4 is 34.1 Å². The third-order valence-electron chi connectivity index (χ3n) is 30.1. The van der Waals surface area contributed by atoms with Gasteiger partial charge >= 0.3 is 0 Å². The van der Waals surface area contributed by atoms with Gasteiger partial charge < -0.3 is 9.80 Å². The molecule has 0 aliphatic heterocycles. The van der Waals surface area contributed by atoms with Crippen LogP contribution in [0.25, 0.3) is 111 Å². The lowest BCUT2D eigenvalue weighted by molar-refractivity contribution is 0.768. The molecule has 2 heteroatoms. The zero-order chi connectivity index (χ0) is 86.8. The summed E-state index contributed by atoms with van der Waals surface area (Å²) in [5.41, 5.74) is 48.8. The summed E-state index contributed by atoms with van der Waals surface area (Å²) >= 11 is 0. The Bertz CT molecular complexity index is 8150. The number of fused-ring (bicyclic) bond motifs is 26. The average molecular weight is 1670 g/mol. The van der Waals surface area contributed by atoms with Gasteiger partial charge in [0.15, 0.2) is 0 Å². The number of benzene rings is 21. The van der Waals surface area contributed by atoms with Gasteiger partial charge in [0.25, 0.3) is 0 Å². The van der Waals surface area contributed by atoms with Gasteiger partial charge in [-0.25, -0.2) is 0 Å². The van der Waals surface area contributed by atoms with E-state index in [-0.39, 0.29) is 0 Å². The summed E-state index contributed by atoms with van der Waals surface area (Å²) in [6.07, 6.45) is 0. The van der Waals surface area contributed by atoms with Gasteiger partial charge in [-0.1, -0.05) is 449 Å². The molecule has 2 unspecified atom stereocenters. The van der Waals surface area contributed by atoms with Crippen LogP contribution in [-0.4, -0.2) is 0 Å². The molecule has 0 saturated heterocycles. The minimum absolute atomic E-state index is 0.529. The standard InChI is InChI=1S/C130H84N2/c1-6-34-85(35-7-1)86-64-66-87(67-65-86)88-70-75-96(76-71-88)131(123-62-32-59-120-125(123)105-50-21-29-57-115(105)129(120)112-54-26-16-45-100(112)101-46-17-27-55-113(101)129)97-77-80-118-108(83-97)103-48-19-25-53-111(103)128(118,94-42-14-5-15-43-94)95-73-68-89(69-74-95)91-72-79-119-107(82-91)102-47-20-28-56-114(102)130(119)116-58-30-22-51-106(116)126-121(130)60-33-63-124(126)132(122-61-31-23-44-99(122)90-36-8-2-9-37-90)98-78-81-117-109(84-98)104-49-18-24-52-110(104)127(117,92-38-10-3-11-39-92)93-40-12-4-13-41-93/h1-84H. The van der Waals surface area contributed by atoms with Gasteiger partial charge in [0, 0.05) is 33.8 Å². The lowest BCUT2D eigenvalue weighted by Crippen LogP contribution is -2.28.